The fraction of sp³-hybridized carbons (Fsp3) is 0.958. The predicted molar refractivity (Wildman–Crippen MR) is 121 cm³/mol. The second kappa shape index (κ2) is 12.0. The Morgan fingerprint density at radius 3 is 1.50 bits per heavy atom. The standard InChI is InChI=1S/C21H36O2.3CH4.3H2/c1-15-3-7-17(8-4-15)18-9-11-19(12-10-18)21(22)23-20-13-5-16(2)6-14-20;;;;;;/h15-20H,3-14H2,1-2H3;3*1H4;3*1H. The maximum absolute atomic E-state index is 12.5. The molecule has 3 fully saturated rings. The highest BCUT2D eigenvalue weighted by atomic mass is 16.5. The number of carbonyl (C=O) groups is 1. The molecule has 0 spiro atoms. The molecular weight excluding hydrogens is 320 g/mol. The van der Waals surface area contributed by atoms with Crippen LogP contribution in [0.1, 0.15) is 117 Å². The van der Waals surface area contributed by atoms with Gasteiger partial charge in [-0.1, -0.05) is 49.0 Å². The summed E-state index contributed by atoms with van der Waals surface area (Å²) in [4.78, 5) is 12.5. The van der Waals surface area contributed by atoms with Crippen molar-refractivity contribution in [2.24, 2.45) is 29.6 Å². The van der Waals surface area contributed by atoms with Crippen LogP contribution >= 0.6 is 0 Å². The van der Waals surface area contributed by atoms with Gasteiger partial charge >= 0.3 is 5.97 Å². The second-order valence-electron chi connectivity index (χ2n) is 8.95. The first-order valence-corrected chi connectivity index (χ1v) is 10.3. The molecule has 0 aromatic heterocycles. The van der Waals surface area contributed by atoms with Crippen LogP contribution in [0.25, 0.3) is 0 Å². The van der Waals surface area contributed by atoms with E-state index in [1.807, 2.05) is 0 Å². The van der Waals surface area contributed by atoms with Gasteiger partial charge in [0.25, 0.3) is 0 Å². The van der Waals surface area contributed by atoms with E-state index in [9.17, 15) is 4.79 Å². The molecule has 2 heteroatoms. The number of rotatable bonds is 3. The van der Waals surface area contributed by atoms with Crippen molar-refractivity contribution in [2.45, 2.75) is 119 Å². The molecule has 3 aliphatic carbocycles. The first kappa shape index (κ1) is 25.5. The summed E-state index contributed by atoms with van der Waals surface area (Å²) in [5, 5.41) is 0. The summed E-state index contributed by atoms with van der Waals surface area (Å²) in [5.74, 6) is 3.92. The van der Waals surface area contributed by atoms with Crippen LogP contribution in [0.15, 0.2) is 0 Å². The van der Waals surface area contributed by atoms with Gasteiger partial charge in [0, 0.05) is 4.28 Å². The van der Waals surface area contributed by atoms with E-state index < -0.39 is 0 Å². The number of ether oxygens (including phenoxy) is 1. The van der Waals surface area contributed by atoms with Crippen molar-refractivity contribution in [3.8, 4) is 0 Å². The van der Waals surface area contributed by atoms with Gasteiger partial charge in [0.1, 0.15) is 6.10 Å². The van der Waals surface area contributed by atoms with Crippen LogP contribution in [-0.4, -0.2) is 12.1 Å². The number of hydrogen-bond donors (Lipinski definition) is 0. The Balaban J connectivity index is -0.000000521. The monoisotopic (exact) mass is 374 g/mol. The first-order valence-electron chi connectivity index (χ1n) is 10.3. The minimum Gasteiger partial charge on any atom is -0.462 e. The molecule has 2 nitrogen and oxygen atoms in total. The third kappa shape index (κ3) is 6.89. The molecule has 0 aromatic rings. The van der Waals surface area contributed by atoms with Crippen molar-refractivity contribution in [2.75, 3.05) is 0 Å². The molecule has 3 rings (SSSR count). The van der Waals surface area contributed by atoms with Crippen LogP contribution in [0.4, 0.5) is 0 Å². The third-order valence-electron chi connectivity index (χ3n) is 7.08. The van der Waals surface area contributed by atoms with Gasteiger partial charge in [0.2, 0.25) is 0 Å². The molecule has 0 amide bonds. The van der Waals surface area contributed by atoms with Gasteiger partial charge < -0.3 is 4.74 Å². The summed E-state index contributed by atoms with van der Waals surface area (Å²) in [6.07, 6.45) is 15.2. The van der Waals surface area contributed by atoms with Crippen molar-refractivity contribution in [3.05, 3.63) is 0 Å². The Bertz CT molecular complexity index is 382. The van der Waals surface area contributed by atoms with Gasteiger partial charge in [-0.15, -0.1) is 0 Å². The molecule has 0 atom stereocenters. The zero-order valence-electron chi connectivity index (χ0n) is 15.3. The molecule has 3 saturated carbocycles. The molecule has 0 saturated heterocycles. The fourth-order valence-electron chi connectivity index (χ4n) is 5.19. The molecule has 0 aliphatic heterocycles. The normalized spacial score (nSPS) is 37.3. The average molecular weight is 375 g/mol. The minimum atomic E-state index is 0. The van der Waals surface area contributed by atoms with Gasteiger partial charge in [-0.05, 0) is 87.9 Å². The molecule has 0 aromatic carbocycles. The van der Waals surface area contributed by atoms with Crippen molar-refractivity contribution in [1.29, 1.82) is 0 Å². The molecular formula is C24H54O2. The quantitative estimate of drug-likeness (QED) is 0.463. The van der Waals surface area contributed by atoms with Gasteiger partial charge in [-0.25, -0.2) is 0 Å². The van der Waals surface area contributed by atoms with Gasteiger partial charge in [-0.2, -0.15) is 0 Å². The Kier molecular flexibility index (Phi) is 11.8. The minimum absolute atomic E-state index is 0. The molecule has 0 heterocycles. The summed E-state index contributed by atoms with van der Waals surface area (Å²) in [6, 6.07) is 0. The molecule has 0 bridgehead atoms. The lowest BCUT2D eigenvalue weighted by Crippen LogP contribution is -2.31. The zero-order chi connectivity index (χ0) is 16.2. The van der Waals surface area contributed by atoms with Crippen LogP contribution in [0.2, 0.25) is 0 Å². The highest BCUT2D eigenvalue weighted by Crippen LogP contribution is 2.41. The summed E-state index contributed by atoms with van der Waals surface area (Å²) in [7, 11) is 0. The molecule has 162 valence electrons. The highest BCUT2D eigenvalue weighted by molar-refractivity contribution is 5.72. The molecule has 0 unspecified atom stereocenters. The van der Waals surface area contributed by atoms with E-state index in [-0.39, 0.29) is 44.6 Å². The van der Waals surface area contributed by atoms with Crippen LogP contribution in [0, 0.1) is 29.6 Å². The maximum Gasteiger partial charge on any atom is 0.309 e. The van der Waals surface area contributed by atoms with Crippen molar-refractivity contribution < 1.29 is 13.8 Å². The molecule has 0 N–H and O–H groups in total. The lowest BCUT2D eigenvalue weighted by molar-refractivity contribution is -0.157. The Labute approximate surface area is 169 Å². The number of hydrogen-bond acceptors (Lipinski definition) is 2. The lowest BCUT2D eigenvalue weighted by atomic mass is 9.69. The Morgan fingerprint density at radius 1 is 0.654 bits per heavy atom. The largest absolute Gasteiger partial charge is 0.462 e. The first-order chi connectivity index (χ1) is 11.1. The number of carbonyl (C=O) groups excluding carboxylic acids is 1. The Morgan fingerprint density at radius 2 is 1.04 bits per heavy atom. The van der Waals surface area contributed by atoms with E-state index in [1.54, 1.807) is 0 Å². The third-order valence-corrected chi connectivity index (χ3v) is 7.08. The summed E-state index contributed by atoms with van der Waals surface area (Å²) in [5.41, 5.74) is 0. The van der Waals surface area contributed by atoms with E-state index in [0.29, 0.717) is 0 Å². The second-order valence-corrected chi connectivity index (χ2v) is 8.95. The van der Waals surface area contributed by atoms with Crippen molar-refractivity contribution >= 4 is 5.97 Å². The van der Waals surface area contributed by atoms with Crippen LogP contribution in [-0.2, 0) is 9.53 Å². The molecule has 26 heavy (non-hydrogen) atoms. The molecule has 3 aliphatic rings. The van der Waals surface area contributed by atoms with Gasteiger partial charge in [-0.3, -0.25) is 4.79 Å². The summed E-state index contributed by atoms with van der Waals surface area (Å²) >= 11 is 0. The SMILES string of the molecule is C.C.C.CC1CCC(OC(=O)C2CCC(C3CCC(C)CC3)CC2)CC1.[HH].[HH].[HH]. The summed E-state index contributed by atoms with van der Waals surface area (Å²) in [6.45, 7) is 4.71. The topological polar surface area (TPSA) is 26.3 Å². The lowest BCUT2D eigenvalue weighted by Gasteiger charge is -2.37. The van der Waals surface area contributed by atoms with Crippen LogP contribution in [0.5, 0.6) is 0 Å². The maximum atomic E-state index is 12.5. The van der Waals surface area contributed by atoms with Gasteiger partial charge in [0.15, 0.2) is 0 Å². The smallest absolute Gasteiger partial charge is 0.309 e. The van der Waals surface area contributed by atoms with E-state index in [1.165, 1.54) is 51.4 Å². The van der Waals surface area contributed by atoms with E-state index in [4.69, 9.17) is 4.74 Å². The van der Waals surface area contributed by atoms with Crippen molar-refractivity contribution in [3.63, 3.8) is 0 Å². The van der Waals surface area contributed by atoms with Gasteiger partial charge in [0.05, 0.1) is 5.92 Å². The highest BCUT2D eigenvalue weighted by Gasteiger charge is 2.34. The van der Waals surface area contributed by atoms with E-state index in [2.05, 4.69) is 13.8 Å². The van der Waals surface area contributed by atoms with E-state index in [0.717, 1.165) is 49.4 Å². The van der Waals surface area contributed by atoms with Crippen molar-refractivity contribution in [1.82, 2.24) is 0 Å². The Hall–Kier alpha value is -0.530. The van der Waals surface area contributed by atoms with Crippen LogP contribution < -0.4 is 0 Å². The van der Waals surface area contributed by atoms with Crippen LogP contribution in [0.3, 0.4) is 0 Å². The number of esters is 1. The predicted octanol–water partition coefficient (Wildman–Crippen LogP) is 8.39. The summed E-state index contributed by atoms with van der Waals surface area (Å²) < 4.78 is 5.83. The fourth-order valence-corrected chi connectivity index (χ4v) is 5.19. The zero-order valence-corrected chi connectivity index (χ0v) is 15.3. The molecule has 0 radical (unpaired) electrons. The average Bonchev–Trinajstić information content (AvgIpc) is 2.58. The van der Waals surface area contributed by atoms with E-state index >= 15 is 0 Å².